The second-order valence-corrected chi connectivity index (χ2v) is 4.75. The lowest BCUT2D eigenvalue weighted by Crippen LogP contribution is -2.33. The largest absolute Gasteiger partial charge is 0.508 e. The highest BCUT2D eigenvalue weighted by atomic mass is 19.4. The smallest absolute Gasteiger partial charge is 0.420 e. The van der Waals surface area contributed by atoms with Crippen molar-refractivity contribution < 1.29 is 23.4 Å². The second-order valence-electron chi connectivity index (χ2n) is 4.75. The molecular formula is C12H14F3NO2. The fraction of sp³-hybridized carbons (Fsp3) is 0.500. The molecule has 0 saturated carbocycles. The SMILES string of the molecule is CC1(c2cc(O)cc(C(F)(F)F)c2O)CCCN1. The third kappa shape index (κ3) is 2.12. The van der Waals surface area contributed by atoms with Crippen LogP contribution in [0, 0.1) is 0 Å². The van der Waals surface area contributed by atoms with Crippen LogP contribution in [-0.2, 0) is 11.7 Å². The van der Waals surface area contributed by atoms with Crippen LogP contribution >= 0.6 is 0 Å². The first-order chi connectivity index (χ1) is 8.24. The number of halogens is 3. The molecule has 0 aromatic heterocycles. The van der Waals surface area contributed by atoms with E-state index in [-0.39, 0.29) is 5.56 Å². The van der Waals surface area contributed by atoms with Gasteiger partial charge < -0.3 is 15.5 Å². The van der Waals surface area contributed by atoms with Crippen molar-refractivity contribution in [2.75, 3.05) is 6.54 Å². The predicted octanol–water partition coefficient (Wildman–Crippen LogP) is 2.72. The third-order valence-corrected chi connectivity index (χ3v) is 3.36. The van der Waals surface area contributed by atoms with Crippen LogP contribution in [0.4, 0.5) is 13.2 Å². The monoisotopic (exact) mass is 261 g/mol. The molecule has 1 fully saturated rings. The summed E-state index contributed by atoms with van der Waals surface area (Å²) in [6.45, 7) is 2.39. The number of phenols is 2. The van der Waals surface area contributed by atoms with E-state index in [1.807, 2.05) is 0 Å². The molecule has 1 atom stereocenters. The van der Waals surface area contributed by atoms with Crippen molar-refractivity contribution in [1.29, 1.82) is 0 Å². The van der Waals surface area contributed by atoms with Gasteiger partial charge in [0.05, 0.1) is 0 Å². The molecule has 0 amide bonds. The van der Waals surface area contributed by atoms with Gasteiger partial charge in [-0.2, -0.15) is 13.2 Å². The van der Waals surface area contributed by atoms with Crippen LogP contribution in [0.3, 0.4) is 0 Å². The Morgan fingerprint density at radius 3 is 2.44 bits per heavy atom. The lowest BCUT2D eigenvalue weighted by molar-refractivity contribution is -0.139. The first kappa shape index (κ1) is 13.0. The van der Waals surface area contributed by atoms with Gasteiger partial charge in [-0.25, -0.2) is 0 Å². The Balaban J connectivity index is 2.58. The van der Waals surface area contributed by atoms with E-state index < -0.39 is 28.8 Å². The summed E-state index contributed by atoms with van der Waals surface area (Å²) in [5.41, 5.74) is -1.84. The molecular weight excluding hydrogens is 247 g/mol. The molecule has 18 heavy (non-hydrogen) atoms. The van der Waals surface area contributed by atoms with Crippen LogP contribution in [-0.4, -0.2) is 16.8 Å². The Morgan fingerprint density at radius 1 is 1.28 bits per heavy atom. The van der Waals surface area contributed by atoms with Gasteiger partial charge in [0.2, 0.25) is 0 Å². The van der Waals surface area contributed by atoms with Crippen molar-refractivity contribution in [2.45, 2.75) is 31.5 Å². The molecule has 0 bridgehead atoms. The minimum atomic E-state index is -4.69. The maximum Gasteiger partial charge on any atom is 0.420 e. The third-order valence-electron chi connectivity index (χ3n) is 3.36. The molecule has 0 spiro atoms. The van der Waals surface area contributed by atoms with Crippen molar-refractivity contribution in [1.82, 2.24) is 5.32 Å². The molecule has 1 aliphatic heterocycles. The molecule has 2 rings (SSSR count). The summed E-state index contributed by atoms with van der Waals surface area (Å²) in [5, 5.41) is 22.3. The van der Waals surface area contributed by atoms with Gasteiger partial charge in [-0.3, -0.25) is 0 Å². The number of rotatable bonds is 1. The van der Waals surface area contributed by atoms with Crippen molar-refractivity contribution >= 4 is 0 Å². The van der Waals surface area contributed by atoms with Crippen LogP contribution < -0.4 is 5.32 Å². The average molecular weight is 261 g/mol. The van der Waals surface area contributed by atoms with Crippen molar-refractivity contribution in [3.8, 4) is 11.5 Å². The van der Waals surface area contributed by atoms with Gasteiger partial charge in [0.15, 0.2) is 0 Å². The normalized spacial score (nSPS) is 24.4. The molecule has 1 unspecified atom stereocenters. The van der Waals surface area contributed by atoms with Crippen molar-refractivity contribution in [3.05, 3.63) is 23.3 Å². The van der Waals surface area contributed by atoms with Crippen molar-refractivity contribution in [3.63, 3.8) is 0 Å². The summed E-state index contributed by atoms with van der Waals surface area (Å²) in [7, 11) is 0. The Morgan fingerprint density at radius 2 is 1.94 bits per heavy atom. The minimum Gasteiger partial charge on any atom is -0.508 e. The van der Waals surface area contributed by atoms with Crippen LogP contribution in [0.15, 0.2) is 12.1 Å². The van der Waals surface area contributed by atoms with Gasteiger partial charge >= 0.3 is 6.18 Å². The number of nitrogens with one attached hydrogen (secondary N) is 1. The quantitative estimate of drug-likeness (QED) is 0.681. The fourth-order valence-electron chi connectivity index (χ4n) is 2.38. The first-order valence-corrected chi connectivity index (χ1v) is 5.63. The van der Waals surface area contributed by atoms with Crippen LogP contribution in [0.2, 0.25) is 0 Å². The molecule has 0 aliphatic carbocycles. The molecule has 3 N–H and O–H groups in total. The molecule has 1 saturated heterocycles. The van der Waals surface area contributed by atoms with Gasteiger partial charge in [0.25, 0.3) is 0 Å². The lowest BCUT2D eigenvalue weighted by Gasteiger charge is -2.27. The zero-order chi connectivity index (χ0) is 13.6. The van der Waals surface area contributed by atoms with E-state index in [1.54, 1.807) is 6.92 Å². The standard InChI is InChI=1S/C12H14F3NO2/c1-11(3-2-4-16-11)8-5-7(17)6-9(10(8)18)12(13,14)15/h5-6,16-18H,2-4H2,1H3. The number of aromatic hydroxyl groups is 2. The van der Waals surface area contributed by atoms with Gasteiger partial charge in [-0.15, -0.1) is 0 Å². The van der Waals surface area contributed by atoms with Gasteiger partial charge in [0, 0.05) is 11.1 Å². The molecule has 1 aromatic carbocycles. The molecule has 1 aromatic rings. The molecule has 100 valence electrons. The molecule has 3 nitrogen and oxygen atoms in total. The topological polar surface area (TPSA) is 52.5 Å². The first-order valence-electron chi connectivity index (χ1n) is 5.63. The Kier molecular flexibility index (Phi) is 2.93. The average Bonchev–Trinajstić information content (AvgIpc) is 2.67. The number of hydrogen-bond donors (Lipinski definition) is 3. The zero-order valence-electron chi connectivity index (χ0n) is 9.80. The van der Waals surface area contributed by atoms with Crippen LogP contribution in [0.25, 0.3) is 0 Å². The number of phenolic OH excluding ortho intramolecular Hbond substituents is 2. The van der Waals surface area contributed by atoms with Crippen LogP contribution in [0.5, 0.6) is 11.5 Å². The van der Waals surface area contributed by atoms with E-state index in [1.165, 1.54) is 6.07 Å². The lowest BCUT2D eigenvalue weighted by atomic mass is 9.88. The minimum absolute atomic E-state index is 0.0901. The summed E-state index contributed by atoms with van der Waals surface area (Å²) >= 11 is 0. The van der Waals surface area contributed by atoms with Crippen LogP contribution in [0.1, 0.15) is 30.9 Å². The fourth-order valence-corrected chi connectivity index (χ4v) is 2.38. The van der Waals surface area contributed by atoms with Gasteiger partial charge in [-0.05, 0) is 38.4 Å². The maximum absolute atomic E-state index is 12.7. The van der Waals surface area contributed by atoms with Gasteiger partial charge in [-0.1, -0.05) is 0 Å². The second kappa shape index (κ2) is 4.05. The maximum atomic E-state index is 12.7. The summed E-state index contributed by atoms with van der Waals surface area (Å²) in [5.74, 6) is -1.30. The molecule has 0 radical (unpaired) electrons. The van der Waals surface area contributed by atoms with E-state index in [2.05, 4.69) is 5.32 Å². The highest BCUT2D eigenvalue weighted by Gasteiger charge is 2.40. The van der Waals surface area contributed by atoms with E-state index in [0.29, 0.717) is 19.0 Å². The Hall–Kier alpha value is -1.43. The highest BCUT2D eigenvalue weighted by molar-refractivity contribution is 5.50. The Bertz CT molecular complexity index is 465. The summed E-state index contributed by atoms with van der Waals surface area (Å²) in [4.78, 5) is 0. The molecule has 6 heteroatoms. The van der Waals surface area contributed by atoms with E-state index in [4.69, 9.17) is 0 Å². The highest BCUT2D eigenvalue weighted by Crippen LogP contribution is 2.45. The van der Waals surface area contributed by atoms with Gasteiger partial charge in [0.1, 0.15) is 17.1 Å². The van der Waals surface area contributed by atoms with E-state index in [9.17, 15) is 23.4 Å². The summed E-state index contributed by atoms with van der Waals surface area (Å²) in [6.07, 6.45) is -3.26. The number of benzene rings is 1. The predicted molar refractivity (Wildman–Crippen MR) is 59.4 cm³/mol. The Labute approximate surface area is 102 Å². The summed E-state index contributed by atoms with van der Waals surface area (Å²) < 4.78 is 38.2. The number of hydrogen-bond acceptors (Lipinski definition) is 3. The van der Waals surface area contributed by atoms with E-state index >= 15 is 0 Å². The van der Waals surface area contributed by atoms with E-state index in [0.717, 1.165) is 6.42 Å². The zero-order valence-corrected chi connectivity index (χ0v) is 9.80. The summed E-state index contributed by atoms with van der Waals surface area (Å²) in [6, 6.07) is 1.72. The number of alkyl halides is 3. The van der Waals surface area contributed by atoms with Crippen molar-refractivity contribution in [2.24, 2.45) is 0 Å². The molecule has 1 heterocycles. The molecule has 1 aliphatic rings.